The van der Waals surface area contributed by atoms with E-state index in [0.29, 0.717) is 12.1 Å². The van der Waals surface area contributed by atoms with Crippen molar-refractivity contribution in [1.82, 2.24) is 20.1 Å². The SMILES string of the molecule is CNc1cnccc1C(=O)NCCCn1nc(C)cc1C. The van der Waals surface area contributed by atoms with E-state index in [1.165, 1.54) is 0 Å². The van der Waals surface area contributed by atoms with Gasteiger partial charge in [0.15, 0.2) is 0 Å². The lowest BCUT2D eigenvalue weighted by Gasteiger charge is -2.09. The fourth-order valence-corrected chi connectivity index (χ4v) is 2.22. The van der Waals surface area contributed by atoms with Crippen LogP contribution in [-0.4, -0.2) is 34.3 Å². The third-order valence-electron chi connectivity index (χ3n) is 3.27. The Morgan fingerprint density at radius 1 is 1.38 bits per heavy atom. The van der Waals surface area contributed by atoms with Gasteiger partial charge < -0.3 is 10.6 Å². The molecule has 0 aromatic carbocycles. The predicted molar refractivity (Wildman–Crippen MR) is 82.4 cm³/mol. The molecule has 0 unspecified atom stereocenters. The maximum absolute atomic E-state index is 12.1. The molecule has 0 aliphatic rings. The summed E-state index contributed by atoms with van der Waals surface area (Å²) in [5.41, 5.74) is 3.50. The summed E-state index contributed by atoms with van der Waals surface area (Å²) in [5.74, 6) is -0.0879. The first-order chi connectivity index (χ1) is 10.1. The predicted octanol–water partition coefficient (Wildman–Crippen LogP) is 1.76. The maximum atomic E-state index is 12.1. The van der Waals surface area contributed by atoms with Crippen LogP contribution < -0.4 is 10.6 Å². The first-order valence-electron chi connectivity index (χ1n) is 7.03. The molecule has 2 aromatic rings. The van der Waals surface area contributed by atoms with Gasteiger partial charge >= 0.3 is 0 Å². The number of carbonyl (C=O) groups is 1. The van der Waals surface area contributed by atoms with Crippen LogP contribution in [0.3, 0.4) is 0 Å². The van der Waals surface area contributed by atoms with Gasteiger partial charge in [0.1, 0.15) is 0 Å². The second-order valence-corrected chi connectivity index (χ2v) is 4.93. The largest absolute Gasteiger partial charge is 0.386 e. The molecule has 112 valence electrons. The fourth-order valence-electron chi connectivity index (χ4n) is 2.22. The van der Waals surface area contributed by atoms with Crippen LogP contribution in [0.1, 0.15) is 28.2 Å². The average molecular weight is 287 g/mol. The minimum Gasteiger partial charge on any atom is -0.386 e. The number of hydrogen-bond acceptors (Lipinski definition) is 4. The van der Waals surface area contributed by atoms with Crippen molar-refractivity contribution >= 4 is 11.6 Å². The Morgan fingerprint density at radius 3 is 2.86 bits per heavy atom. The molecule has 6 heteroatoms. The van der Waals surface area contributed by atoms with E-state index in [0.717, 1.165) is 30.0 Å². The summed E-state index contributed by atoms with van der Waals surface area (Å²) in [4.78, 5) is 16.1. The molecular formula is C15H21N5O. The van der Waals surface area contributed by atoms with Gasteiger partial charge in [0.25, 0.3) is 5.91 Å². The molecule has 0 atom stereocenters. The maximum Gasteiger partial charge on any atom is 0.253 e. The van der Waals surface area contributed by atoms with Gasteiger partial charge in [0, 0.05) is 32.0 Å². The van der Waals surface area contributed by atoms with E-state index in [9.17, 15) is 4.79 Å². The highest BCUT2D eigenvalue weighted by atomic mass is 16.1. The van der Waals surface area contributed by atoms with E-state index in [1.807, 2.05) is 18.5 Å². The summed E-state index contributed by atoms with van der Waals surface area (Å²) in [6.07, 6.45) is 4.10. The van der Waals surface area contributed by atoms with Gasteiger partial charge in [-0.2, -0.15) is 5.10 Å². The molecule has 2 heterocycles. The molecule has 0 aliphatic heterocycles. The number of hydrogen-bond donors (Lipinski definition) is 2. The van der Waals surface area contributed by atoms with Crippen LogP contribution in [0.5, 0.6) is 0 Å². The summed E-state index contributed by atoms with van der Waals surface area (Å²) in [6, 6.07) is 3.76. The second-order valence-electron chi connectivity index (χ2n) is 4.93. The van der Waals surface area contributed by atoms with Gasteiger partial charge in [-0.1, -0.05) is 0 Å². The first kappa shape index (κ1) is 15.0. The van der Waals surface area contributed by atoms with Crippen molar-refractivity contribution < 1.29 is 4.79 Å². The van der Waals surface area contributed by atoms with E-state index in [1.54, 1.807) is 25.5 Å². The minimum absolute atomic E-state index is 0.0879. The highest BCUT2D eigenvalue weighted by Crippen LogP contribution is 2.11. The Balaban J connectivity index is 1.83. The van der Waals surface area contributed by atoms with Crippen LogP contribution in [-0.2, 0) is 6.54 Å². The van der Waals surface area contributed by atoms with Gasteiger partial charge in [-0.25, -0.2) is 0 Å². The number of rotatable bonds is 6. The Kier molecular flexibility index (Phi) is 4.92. The molecule has 6 nitrogen and oxygen atoms in total. The van der Waals surface area contributed by atoms with E-state index in [-0.39, 0.29) is 5.91 Å². The number of aryl methyl sites for hydroxylation is 3. The molecule has 0 radical (unpaired) electrons. The first-order valence-corrected chi connectivity index (χ1v) is 7.03. The van der Waals surface area contributed by atoms with Crippen molar-refractivity contribution in [2.24, 2.45) is 0 Å². The average Bonchev–Trinajstić information content (AvgIpc) is 2.81. The third kappa shape index (κ3) is 3.81. The van der Waals surface area contributed by atoms with Crippen LogP contribution in [0.2, 0.25) is 0 Å². The van der Waals surface area contributed by atoms with Crippen molar-refractivity contribution in [1.29, 1.82) is 0 Å². The molecule has 0 aliphatic carbocycles. The van der Waals surface area contributed by atoms with Gasteiger partial charge in [-0.15, -0.1) is 0 Å². The minimum atomic E-state index is -0.0879. The summed E-state index contributed by atoms with van der Waals surface area (Å²) < 4.78 is 1.97. The number of nitrogens with zero attached hydrogens (tertiary/aromatic N) is 3. The lowest BCUT2D eigenvalue weighted by molar-refractivity contribution is 0.0953. The van der Waals surface area contributed by atoms with Gasteiger partial charge in [0.2, 0.25) is 0 Å². The Labute approximate surface area is 124 Å². The Morgan fingerprint density at radius 2 is 2.19 bits per heavy atom. The van der Waals surface area contributed by atoms with Crippen LogP contribution in [0, 0.1) is 13.8 Å². The van der Waals surface area contributed by atoms with E-state index < -0.39 is 0 Å². The lowest BCUT2D eigenvalue weighted by Crippen LogP contribution is -2.26. The fraction of sp³-hybridized carbons (Fsp3) is 0.400. The van der Waals surface area contributed by atoms with Crippen LogP contribution in [0.25, 0.3) is 0 Å². The van der Waals surface area contributed by atoms with Crippen LogP contribution in [0.15, 0.2) is 24.5 Å². The highest BCUT2D eigenvalue weighted by molar-refractivity contribution is 5.99. The Hall–Kier alpha value is -2.37. The molecule has 0 spiro atoms. The molecule has 0 saturated carbocycles. The number of carbonyl (C=O) groups excluding carboxylic acids is 1. The summed E-state index contributed by atoms with van der Waals surface area (Å²) in [6.45, 7) is 5.43. The molecule has 1 amide bonds. The second kappa shape index (κ2) is 6.88. The smallest absolute Gasteiger partial charge is 0.253 e. The highest BCUT2D eigenvalue weighted by Gasteiger charge is 2.09. The summed E-state index contributed by atoms with van der Waals surface area (Å²) in [5, 5.41) is 10.3. The van der Waals surface area contributed by atoms with Crippen molar-refractivity contribution in [3.8, 4) is 0 Å². The lowest BCUT2D eigenvalue weighted by atomic mass is 10.2. The standard InChI is InChI=1S/C15H21N5O/c1-11-9-12(2)20(19-11)8-4-6-18-15(21)13-5-7-17-10-14(13)16-3/h5,7,9-10,16H,4,6,8H2,1-3H3,(H,18,21). The molecule has 0 bridgehead atoms. The van der Waals surface area contributed by atoms with Gasteiger partial charge in [0.05, 0.1) is 23.1 Å². The monoisotopic (exact) mass is 287 g/mol. The molecule has 2 aromatic heterocycles. The molecule has 2 N–H and O–H groups in total. The molecule has 0 saturated heterocycles. The number of anilines is 1. The summed E-state index contributed by atoms with van der Waals surface area (Å²) in [7, 11) is 1.77. The van der Waals surface area contributed by atoms with Crippen molar-refractivity contribution in [2.45, 2.75) is 26.8 Å². The Bertz CT molecular complexity index is 620. The van der Waals surface area contributed by atoms with E-state index in [4.69, 9.17) is 0 Å². The van der Waals surface area contributed by atoms with E-state index in [2.05, 4.69) is 26.8 Å². The zero-order valence-corrected chi connectivity index (χ0v) is 12.7. The zero-order valence-electron chi connectivity index (χ0n) is 12.7. The molecule has 0 fully saturated rings. The number of pyridine rings is 1. The number of nitrogens with one attached hydrogen (secondary N) is 2. The third-order valence-corrected chi connectivity index (χ3v) is 3.27. The number of aromatic nitrogens is 3. The van der Waals surface area contributed by atoms with Crippen LogP contribution >= 0.6 is 0 Å². The van der Waals surface area contributed by atoms with Crippen molar-refractivity contribution in [2.75, 3.05) is 18.9 Å². The van der Waals surface area contributed by atoms with Crippen LogP contribution in [0.4, 0.5) is 5.69 Å². The van der Waals surface area contributed by atoms with Crippen molar-refractivity contribution in [3.63, 3.8) is 0 Å². The van der Waals surface area contributed by atoms with E-state index >= 15 is 0 Å². The van der Waals surface area contributed by atoms with Gasteiger partial charge in [-0.3, -0.25) is 14.5 Å². The number of amides is 1. The quantitative estimate of drug-likeness (QED) is 0.794. The van der Waals surface area contributed by atoms with Gasteiger partial charge in [-0.05, 0) is 32.4 Å². The summed E-state index contributed by atoms with van der Waals surface area (Å²) >= 11 is 0. The van der Waals surface area contributed by atoms with Crippen molar-refractivity contribution in [3.05, 3.63) is 41.5 Å². The molecular weight excluding hydrogens is 266 g/mol. The zero-order chi connectivity index (χ0) is 15.2. The molecule has 2 rings (SSSR count). The topological polar surface area (TPSA) is 71.8 Å². The normalized spacial score (nSPS) is 10.4. The molecule has 21 heavy (non-hydrogen) atoms.